The summed E-state index contributed by atoms with van der Waals surface area (Å²) in [5.74, 6) is 0.569. The molecule has 0 spiro atoms. The molecule has 3 heterocycles. The number of fused-ring (bicyclic) bond motifs is 1. The summed E-state index contributed by atoms with van der Waals surface area (Å²) in [5, 5.41) is 3.29. The number of hydrogen-bond donors (Lipinski definition) is 0. The SMILES string of the molecule is Cc1csc2nc(CSc3ncccc3Cl)cc(=O)n12. The van der Waals surface area contributed by atoms with Gasteiger partial charge < -0.3 is 0 Å². The standard InChI is InChI=1S/C13H10ClN3OS2/c1-8-6-20-13-16-9(5-11(18)17(8)13)7-19-12-10(14)3-2-4-15-12/h2-6H,7H2,1H3. The summed E-state index contributed by atoms with van der Waals surface area (Å²) in [7, 11) is 0. The molecule has 102 valence electrons. The van der Waals surface area contributed by atoms with E-state index in [0.717, 1.165) is 21.4 Å². The van der Waals surface area contributed by atoms with Crippen molar-refractivity contribution in [2.75, 3.05) is 0 Å². The monoisotopic (exact) mass is 323 g/mol. The highest BCUT2D eigenvalue weighted by molar-refractivity contribution is 7.98. The minimum Gasteiger partial charge on any atom is -0.269 e. The lowest BCUT2D eigenvalue weighted by molar-refractivity contribution is 0.996. The van der Waals surface area contributed by atoms with Crippen LogP contribution in [0.2, 0.25) is 5.02 Å². The Morgan fingerprint density at radius 2 is 2.35 bits per heavy atom. The van der Waals surface area contributed by atoms with Crippen LogP contribution in [0, 0.1) is 6.92 Å². The zero-order valence-electron chi connectivity index (χ0n) is 10.5. The first-order valence-electron chi connectivity index (χ1n) is 5.85. The molecular formula is C13H10ClN3OS2. The molecule has 0 unspecified atom stereocenters. The molecule has 0 bridgehead atoms. The van der Waals surface area contributed by atoms with Gasteiger partial charge in [0.05, 0.1) is 10.7 Å². The fourth-order valence-electron chi connectivity index (χ4n) is 1.79. The van der Waals surface area contributed by atoms with E-state index in [4.69, 9.17) is 11.6 Å². The fraction of sp³-hybridized carbons (Fsp3) is 0.154. The van der Waals surface area contributed by atoms with E-state index < -0.39 is 0 Å². The van der Waals surface area contributed by atoms with Gasteiger partial charge in [0.1, 0.15) is 5.03 Å². The lowest BCUT2D eigenvalue weighted by Gasteiger charge is -2.03. The molecule has 0 aliphatic rings. The first kappa shape index (κ1) is 13.6. The van der Waals surface area contributed by atoms with Crippen molar-refractivity contribution < 1.29 is 0 Å². The van der Waals surface area contributed by atoms with Crippen molar-refractivity contribution >= 4 is 39.7 Å². The van der Waals surface area contributed by atoms with Crippen LogP contribution in [-0.4, -0.2) is 14.4 Å². The topological polar surface area (TPSA) is 47.3 Å². The molecule has 0 amide bonds. The molecule has 20 heavy (non-hydrogen) atoms. The molecule has 4 nitrogen and oxygen atoms in total. The van der Waals surface area contributed by atoms with Crippen molar-refractivity contribution in [3.05, 3.63) is 56.5 Å². The molecule has 0 aliphatic carbocycles. The van der Waals surface area contributed by atoms with Crippen LogP contribution in [0.1, 0.15) is 11.4 Å². The van der Waals surface area contributed by atoms with E-state index >= 15 is 0 Å². The second kappa shape index (κ2) is 5.55. The summed E-state index contributed by atoms with van der Waals surface area (Å²) >= 11 is 9.00. The molecule has 0 aromatic carbocycles. The summed E-state index contributed by atoms with van der Waals surface area (Å²) in [6.45, 7) is 1.90. The average Bonchev–Trinajstić information content (AvgIpc) is 2.80. The van der Waals surface area contributed by atoms with Gasteiger partial charge in [-0.25, -0.2) is 9.97 Å². The Kier molecular flexibility index (Phi) is 3.78. The predicted molar refractivity (Wildman–Crippen MR) is 82.9 cm³/mol. The Morgan fingerprint density at radius 1 is 1.50 bits per heavy atom. The summed E-state index contributed by atoms with van der Waals surface area (Å²) in [6, 6.07) is 5.15. The molecule has 3 aromatic rings. The Labute approximate surface area is 128 Å². The highest BCUT2D eigenvalue weighted by Gasteiger charge is 2.08. The summed E-state index contributed by atoms with van der Waals surface area (Å²) in [4.78, 5) is 21.5. The van der Waals surface area contributed by atoms with Crippen LogP contribution in [-0.2, 0) is 5.75 Å². The number of rotatable bonds is 3. The van der Waals surface area contributed by atoms with Gasteiger partial charge >= 0.3 is 0 Å². The second-order valence-corrected chi connectivity index (χ2v) is 6.37. The molecule has 0 N–H and O–H groups in total. The predicted octanol–water partition coefficient (Wildman–Crippen LogP) is 3.41. The number of halogens is 1. The van der Waals surface area contributed by atoms with Crippen molar-refractivity contribution in [1.29, 1.82) is 0 Å². The quantitative estimate of drug-likeness (QED) is 0.693. The van der Waals surface area contributed by atoms with Crippen LogP contribution < -0.4 is 5.56 Å². The van der Waals surface area contributed by atoms with Gasteiger partial charge in [-0.1, -0.05) is 23.4 Å². The zero-order valence-corrected chi connectivity index (χ0v) is 12.9. The van der Waals surface area contributed by atoms with Gasteiger partial charge in [-0.2, -0.15) is 0 Å². The van der Waals surface area contributed by atoms with Crippen molar-refractivity contribution in [2.24, 2.45) is 0 Å². The van der Waals surface area contributed by atoms with Crippen LogP contribution in [0.25, 0.3) is 4.96 Å². The summed E-state index contributed by atoms with van der Waals surface area (Å²) in [6.07, 6.45) is 1.70. The second-order valence-electron chi connectivity index (χ2n) is 4.16. The number of hydrogen-bond acceptors (Lipinski definition) is 5. The van der Waals surface area contributed by atoms with Gasteiger partial charge in [-0.15, -0.1) is 11.3 Å². The largest absolute Gasteiger partial charge is 0.269 e. The molecule has 0 atom stereocenters. The molecule has 0 radical (unpaired) electrons. The van der Waals surface area contributed by atoms with Crippen molar-refractivity contribution in [3.8, 4) is 0 Å². The Bertz CT molecular complexity index is 828. The van der Waals surface area contributed by atoms with Gasteiger partial charge in [-0.05, 0) is 19.1 Å². The van der Waals surface area contributed by atoms with E-state index in [1.807, 2.05) is 12.3 Å². The summed E-state index contributed by atoms with van der Waals surface area (Å²) in [5.41, 5.74) is 1.61. The fourth-order valence-corrected chi connectivity index (χ4v) is 3.74. The Hall–Kier alpha value is -1.37. The average molecular weight is 324 g/mol. The van der Waals surface area contributed by atoms with E-state index in [1.54, 1.807) is 28.8 Å². The van der Waals surface area contributed by atoms with Gasteiger partial charge in [0.2, 0.25) is 0 Å². The number of aryl methyl sites for hydroxylation is 1. The van der Waals surface area contributed by atoms with Crippen molar-refractivity contribution in [2.45, 2.75) is 17.7 Å². The maximum atomic E-state index is 12.0. The third kappa shape index (κ3) is 2.59. The van der Waals surface area contributed by atoms with Crippen LogP contribution in [0.15, 0.2) is 39.6 Å². The molecular weight excluding hydrogens is 314 g/mol. The van der Waals surface area contributed by atoms with Crippen LogP contribution in [0.5, 0.6) is 0 Å². The third-order valence-electron chi connectivity index (χ3n) is 2.71. The number of pyridine rings is 1. The minimum atomic E-state index is -0.0449. The van der Waals surface area contributed by atoms with Crippen molar-refractivity contribution in [1.82, 2.24) is 14.4 Å². The van der Waals surface area contributed by atoms with Gasteiger partial charge in [0, 0.05) is 29.1 Å². The molecule has 0 saturated carbocycles. The maximum Gasteiger partial charge on any atom is 0.258 e. The van der Waals surface area contributed by atoms with Crippen molar-refractivity contribution in [3.63, 3.8) is 0 Å². The molecule has 0 saturated heterocycles. The van der Waals surface area contributed by atoms with Gasteiger partial charge in [0.25, 0.3) is 5.56 Å². The lowest BCUT2D eigenvalue weighted by atomic mass is 10.4. The smallest absolute Gasteiger partial charge is 0.258 e. The first-order valence-corrected chi connectivity index (χ1v) is 8.09. The van der Waals surface area contributed by atoms with E-state index in [2.05, 4.69) is 9.97 Å². The Balaban J connectivity index is 1.89. The first-order chi connectivity index (χ1) is 9.65. The highest BCUT2D eigenvalue weighted by atomic mass is 35.5. The van der Waals surface area contributed by atoms with Crippen LogP contribution >= 0.6 is 34.7 Å². The maximum absolute atomic E-state index is 12.0. The normalized spacial score (nSPS) is 11.1. The van der Waals surface area contributed by atoms with Crippen LogP contribution in [0.4, 0.5) is 0 Å². The lowest BCUT2D eigenvalue weighted by Crippen LogP contribution is -2.14. The number of thiazole rings is 1. The molecule has 3 aromatic heterocycles. The number of thioether (sulfide) groups is 1. The van der Waals surface area contributed by atoms with E-state index in [1.165, 1.54) is 23.1 Å². The van der Waals surface area contributed by atoms with E-state index in [0.29, 0.717) is 10.8 Å². The molecule has 0 aliphatic heterocycles. The van der Waals surface area contributed by atoms with Gasteiger partial charge in [-0.3, -0.25) is 9.20 Å². The number of nitrogens with zero attached hydrogens (tertiary/aromatic N) is 3. The van der Waals surface area contributed by atoms with E-state index in [-0.39, 0.29) is 5.56 Å². The van der Waals surface area contributed by atoms with Crippen LogP contribution in [0.3, 0.4) is 0 Å². The molecule has 3 rings (SSSR count). The number of aromatic nitrogens is 3. The molecule has 0 fully saturated rings. The molecule has 7 heteroatoms. The van der Waals surface area contributed by atoms with Gasteiger partial charge in [0.15, 0.2) is 4.96 Å². The minimum absolute atomic E-state index is 0.0449. The summed E-state index contributed by atoms with van der Waals surface area (Å²) < 4.78 is 1.62. The van der Waals surface area contributed by atoms with E-state index in [9.17, 15) is 4.79 Å². The zero-order chi connectivity index (χ0) is 14.1. The highest BCUT2D eigenvalue weighted by Crippen LogP contribution is 2.26. The Morgan fingerprint density at radius 3 is 3.15 bits per heavy atom. The third-order valence-corrected chi connectivity index (χ3v) is 5.11.